The van der Waals surface area contributed by atoms with Crippen LogP contribution >= 0.6 is 11.3 Å². The van der Waals surface area contributed by atoms with Crippen molar-refractivity contribution in [1.29, 1.82) is 0 Å². The van der Waals surface area contributed by atoms with E-state index in [-0.39, 0.29) is 6.61 Å². The van der Waals surface area contributed by atoms with Gasteiger partial charge in [0, 0.05) is 6.61 Å². The number of aromatic nitrogens is 2. The lowest BCUT2D eigenvalue weighted by molar-refractivity contribution is 0.284. The standard InChI is InChI=1S/C23H22N2O2S/c1-16-19(17-8-3-2-4-9-17)11-7-12-20(16)27-23-22-21(24-15-25-23)18(14-28-22)10-5-6-13-26/h2-4,7-9,11-12,14-15,26H,5-6,10,13H2,1H3. The van der Waals surface area contributed by atoms with Gasteiger partial charge in [-0.3, -0.25) is 0 Å². The first kappa shape index (κ1) is 18.6. The van der Waals surface area contributed by atoms with E-state index in [1.165, 1.54) is 11.1 Å². The Kier molecular flexibility index (Phi) is 5.65. The van der Waals surface area contributed by atoms with Gasteiger partial charge in [-0.1, -0.05) is 42.5 Å². The number of thiophene rings is 1. The fourth-order valence-electron chi connectivity index (χ4n) is 3.32. The summed E-state index contributed by atoms with van der Waals surface area (Å²) in [4.78, 5) is 8.86. The third-order valence-electron chi connectivity index (χ3n) is 4.82. The van der Waals surface area contributed by atoms with Gasteiger partial charge in [-0.25, -0.2) is 9.97 Å². The van der Waals surface area contributed by atoms with Crippen LogP contribution in [0.25, 0.3) is 21.3 Å². The maximum atomic E-state index is 9.00. The predicted octanol–water partition coefficient (Wildman–Crippen LogP) is 5.77. The first-order chi connectivity index (χ1) is 13.8. The van der Waals surface area contributed by atoms with Crippen molar-refractivity contribution in [3.8, 4) is 22.8 Å². The number of hydrogen-bond acceptors (Lipinski definition) is 5. The molecule has 0 saturated carbocycles. The monoisotopic (exact) mass is 390 g/mol. The number of aryl methyl sites for hydroxylation is 1. The lowest BCUT2D eigenvalue weighted by Gasteiger charge is -2.12. The second kappa shape index (κ2) is 8.50. The highest BCUT2D eigenvalue weighted by molar-refractivity contribution is 7.17. The molecule has 142 valence electrons. The molecule has 2 aromatic heterocycles. The van der Waals surface area contributed by atoms with Gasteiger partial charge in [0.05, 0.1) is 5.52 Å². The Hall–Kier alpha value is -2.76. The number of benzene rings is 2. The van der Waals surface area contributed by atoms with Crippen LogP contribution in [0.1, 0.15) is 24.0 Å². The Labute approximate surface area is 168 Å². The van der Waals surface area contributed by atoms with Crippen LogP contribution in [0.2, 0.25) is 0 Å². The molecule has 2 heterocycles. The van der Waals surface area contributed by atoms with E-state index < -0.39 is 0 Å². The Bertz CT molecular complexity index is 1080. The number of rotatable bonds is 7. The minimum atomic E-state index is 0.225. The summed E-state index contributed by atoms with van der Waals surface area (Å²) < 4.78 is 7.21. The molecule has 0 bridgehead atoms. The van der Waals surface area contributed by atoms with Crippen LogP contribution in [0.15, 0.2) is 60.2 Å². The summed E-state index contributed by atoms with van der Waals surface area (Å²) in [5.41, 5.74) is 5.54. The first-order valence-corrected chi connectivity index (χ1v) is 10.3. The molecule has 0 aliphatic heterocycles. The van der Waals surface area contributed by atoms with Crippen LogP contribution in [0.3, 0.4) is 0 Å². The number of ether oxygens (including phenoxy) is 1. The van der Waals surface area contributed by atoms with Crippen molar-refractivity contribution in [2.45, 2.75) is 26.2 Å². The minimum Gasteiger partial charge on any atom is -0.437 e. The van der Waals surface area contributed by atoms with E-state index in [1.807, 2.05) is 30.3 Å². The molecule has 4 nitrogen and oxygen atoms in total. The van der Waals surface area contributed by atoms with E-state index >= 15 is 0 Å². The molecule has 28 heavy (non-hydrogen) atoms. The number of hydrogen-bond donors (Lipinski definition) is 1. The average molecular weight is 391 g/mol. The van der Waals surface area contributed by atoms with Crippen molar-refractivity contribution >= 4 is 21.6 Å². The van der Waals surface area contributed by atoms with Crippen LogP contribution in [0, 0.1) is 6.92 Å². The molecule has 0 fully saturated rings. The van der Waals surface area contributed by atoms with Gasteiger partial charge < -0.3 is 9.84 Å². The Morgan fingerprint density at radius 2 is 1.86 bits per heavy atom. The second-order valence-corrected chi connectivity index (χ2v) is 7.57. The highest BCUT2D eigenvalue weighted by atomic mass is 32.1. The smallest absolute Gasteiger partial charge is 0.240 e. The summed E-state index contributed by atoms with van der Waals surface area (Å²) in [6.07, 6.45) is 4.22. The predicted molar refractivity (Wildman–Crippen MR) is 114 cm³/mol. The molecule has 5 heteroatoms. The van der Waals surface area contributed by atoms with E-state index in [9.17, 15) is 0 Å². The van der Waals surface area contributed by atoms with Gasteiger partial charge in [0.1, 0.15) is 16.8 Å². The second-order valence-electron chi connectivity index (χ2n) is 6.70. The summed E-state index contributed by atoms with van der Waals surface area (Å²) in [5.74, 6) is 1.40. The zero-order valence-corrected chi connectivity index (χ0v) is 16.6. The SMILES string of the molecule is Cc1c(Oc2ncnc3c(CCCCO)csc23)cccc1-c1ccccc1. The van der Waals surface area contributed by atoms with E-state index in [0.29, 0.717) is 5.88 Å². The topological polar surface area (TPSA) is 55.2 Å². The van der Waals surface area contributed by atoms with Crippen molar-refractivity contribution in [1.82, 2.24) is 9.97 Å². The third kappa shape index (κ3) is 3.77. The normalized spacial score (nSPS) is 11.1. The highest BCUT2D eigenvalue weighted by Crippen LogP contribution is 2.37. The van der Waals surface area contributed by atoms with Crippen LogP contribution < -0.4 is 4.74 Å². The molecule has 0 radical (unpaired) electrons. The van der Waals surface area contributed by atoms with Crippen LogP contribution in [0.4, 0.5) is 0 Å². The maximum absolute atomic E-state index is 9.00. The largest absolute Gasteiger partial charge is 0.437 e. The average Bonchev–Trinajstić information content (AvgIpc) is 3.15. The van der Waals surface area contributed by atoms with Crippen molar-refractivity contribution in [2.24, 2.45) is 0 Å². The molecule has 1 N–H and O–H groups in total. The summed E-state index contributed by atoms with van der Waals surface area (Å²) >= 11 is 1.61. The van der Waals surface area contributed by atoms with Gasteiger partial charge in [0.2, 0.25) is 5.88 Å². The van der Waals surface area contributed by atoms with Crippen molar-refractivity contribution in [3.05, 3.63) is 71.4 Å². The Morgan fingerprint density at radius 3 is 2.68 bits per heavy atom. The van der Waals surface area contributed by atoms with Gasteiger partial charge in [-0.05, 0) is 59.9 Å². The van der Waals surface area contributed by atoms with Crippen LogP contribution in [-0.4, -0.2) is 21.7 Å². The van der Waals surface area contributed by atoms with E-state index in [0.717, 1.165) is 46.4 Å². The van der Waals surface area contributed by atoms with Crippen LogP contribution in [0.5, 0.6) is 11.6 Å². The van der Waals surface area contributed by atoms with Crippen LogP contribution in [-0.2, 0) is 6.42 Å². The van der Waals surface area contributed by atoms with Crippen molar-refractivity contribution in [3.63, 3.8) is 0 Å². The number of nitrogens with zero attached hydrogens (tertiary/aromatic N) is 2. The molecule has 4 rings (SSSR count). The number of aliphatic hydroxyl groups is 1. The third-order valence-corrected chi connectivity index (χ3v) is 5.83. The van der Waals surface area contributed by atoms with Gasteiger partial charge in [-0.15, -0.1) is 11.3 Å². The molecule has 0 spiro atoms. The molecule has 0 amide bonds. The zero-order valence-electron chi connectivity index (χ0n) is 15.8. The molecular weight excluding hydrogens is 368 g/mol. The zero-order chi connectivity index (χ0) is 19.3. The molecule has 0 saturated heterocycles. The summed E-state index contributed by atoms with van der Waals surface area (Å²) in [5, 5.41) is 11.1. The first-order valence-electron chi connectivity index (χ1n) is 9.42. The molecule has 2 aromatic carbocycles. The number of aliphatic hydroxyl groups excluding tert-OH is 1. The number of fused-ring (bicyclic) bond motifs is 1. The van der Waals surface area contributed by atoms with E-state index in [1.54, 1.807) is 17.7 Å². The van der Waals surface area contributed by atoms with Crippen molar-refractivity contribution in [2.75, 3.05) is 6.61 Å². The fourth-order valence-corrected chi connectivity index (χ4v) is 4.30. The molecule has 0 atom stereocenters. The summed E-state index contributed by atoms with van der Waals surface area (Å²) in [6, 6.07) is 16.4. The fraction of sp³-hybridized carbons (Fsp3) is 0.217. The maximum Gasteiger partial charge on any atom is 0.240 e. The highest BCUT2D eigenvalue weighted by Gasteiger charge is 2.14. The van der Waals surface area contributed by atoms with Crippen molar-refractivity contribution < 1.29 is 9.84 Å². The van der Waals surface area contributed by atoms with Gasteiger partial charge in [0.25, 0.3) is 0 Å². The molecular formula is C23H22N2O2S. The van der Waals surface area contributed by atoms with Gasteiger partial charge in [0.15, 0.2) is 0 Å². The minimum absolute atomic E-state index is 0.225. The quantitative estimate of drug-likeness (QED) is 0.407. The molecule has 0 unspecified atom stereocenters. The molecule has 0 aliphatic rings. The molecule has 4 aromatic rings. The lowest BCUT2D eigenvalue weighted by atomic mass is 10.00. The summed E-state index contributed by atoms with van der Waals surface area (Å²) in [6.45, 7) is 2.30. The number of unbranched alkanes of at least 4 members (excludes halogenated alkanes) is 1. The van der Waals surface area contributed by atoms with Gasteiger partial charge >= 0.3 is 0 Å². The summed E-state index contributed by atoms with van der Waals surface area (Å²) in [7, 11) is 0. The van der Waals surface area contributed by atoms with E-state index in [2.05, 4.69) is 40.5 Å². The lowest BCUT2D eigenvalue weighted by Crippen LogP contribution is -1.94. The Balaban J connectivity index is 1.66. The molecule has 0 aliphatic carbocycles. The Morgan fingerprint density at radius 1 is 1.00 bits per heavy atom. The van der Waals surface area contributed by atoms with Gasteiger partial charge in [-0.2, -0.15) is 0 Å². The van der Waals surface area contributed by atoms with E-state index in [4.69, 9.17) is 9.84 Å².